The predicted molar refractivity (Wildman–Crippen MR) is 123 cm³/mol. The van der Waals surface area contributed by atoms with E-state index >= 15 is 0 Å². The molecule has 2 heterocycles. The van der Waals surface area contributed by atoms with Crippen LogP contribution in [0.25, 0.3) is 0 Å². The maximum Gasteiger partial charge on any atom is 0.242 e. The van der Waals surface area contributed by atoms with Crippen LogP contribution < -0.4 is 4.74 Å². The molecule has 166 valence electrons. The minimum Gasteiger partial charge on any atom is -0.491 e. The summed E-state index contributed by atoms with van der Waals surface area (Å²) in [5, 5.41) is 2.10. The third kappa shape index (κ3) is 5.29. The molecule has 1 saturated carbocycles. The third-order valence-electron chi connectivity index (χ3n) is 6.15. The number of thiophene rings is 1. The summed E-state index contributed by atoms with van der Waals surface area (Å²) in [6.07, 6.45) is 3.18. The number of benzene rings is 1. The maximum absolute atomic E-state index is 13.4. The van der Waals surface area contributed by atoms with Crippen molar-refractivity contribution in [3.05, 3.63) is 51.7 Å². The number of hydrogen-bond acceptors (Lipinski definition) is 4. The molecular formula is C25H32N2O3S. The quantitative estimate of drug-likeness (QED) is 0.609. The van der Waals surface area contributed by atoms with Gasteiger partial charge < -0.3 is 14.5 Å². The molecule has 31 heavy (non-hydrogen) atoms. The van der Waals surface area contributed by atoms with Crippen molar-refractivity contribution in [3.63, 3.8) is 0 Å². The summed E-state index contributed by atoms with van der Waals surface area (Å²) in [7, 11) is 0. The van der Waals surface area contributed by atoms with Gasteiger partial charge in [0.05, 0.1) is 12.6 Å². The van der Waals surface area contributed by atoms with Crippen LogP contribution in [0.2, 0.25) is 0 Å². The van der Waals surface area contributed by atoms with Crippen LogP contribution in [0.3, 0.4) is 0 Å². The van der Waals surface area contributed by atoms with Crippen LogP contribution in [0, 0.1) is 18.8 Å². The summed E-state index contributed by atoms with van der Waals surface area (Å²) < 4.78 is 6.10. The van der Waals surface area contributed by atoms with Gasteiger partial charge in [-0.25, -0.2) is 0 Å². The number of carbonyl (C=O) groups excluding carboxylic acids is 2. The highest BCUT2D eigenvalue weighted by atomic mass is 32.1. The van der Waals surface area contributed by atoms with Gasteiger partial charge in [0.15, 0.2) is 0 Å². The van der Waals surface area contributed by atoms with E-state index in [-0.39, 0.29) is 30.3 Å². The van der Waals surface area contributed by atoms with Crippen LogP contribution in [-0.2, 0) is 16.0 Å². The Bertz CT molecular complexity index is 917. The second kappa shape index (κ2) is 9.43. The lowest BCUT2D eigenvalue weighted by molar-refractivity contribution is -0.144. The van der Waals surface area contributed by atoms with Crippen LogP contribution >= 0.6 is 11.3 Å². The van der Waals surface area contributed by atoms with Crippen LogP contribution in [0.5, 0.6) is 5.75 Å². The number of hydrogen-bond donors (Lipinski definition) is 0. The van der Waals surface area contributed by atoms with Gasteiger partial charge in [-0.05, 0) is 61.2 Å². The Morgan fingerprint density at radius 1 is 1.19 bits per heavy atom. The molecule has 1 aliphatic carbocycles. The van der Waals surface area contributed by atoms with Gasteiger partial charge in [-0.2, -0.15) is 0 Å². The molecule has 2 amide bonds. The second-order valence-corrected chi connectivity index (χ2v) is 10.1. The zero-order valence-corrected chi connectivity index (χ0v) is 19.5. The summed E-state index contributed by atoms with van der Waals surface area (Å²) in [4.78, 5) is 31.2. The molecule has 0 spiro atoms. The number of amides is 2. The zero-order chi connectivity index (χ0) is 22.0. The summed E-state index contributed by atoms with van der Waals surface area (Å²) >= 11 is 1.75. The molecule has 1 aliphatic heterocycles. The molecule has 1 atom stereocenters. The van der Waals surface area contributed by atoms with Gasteiger partial charge in [0.1, 0.15) is 12.4 Å². The monoisotopic (exact) mass is 440 g/mol. The number of ether oxygens (including phenoxy) is 1. The smallest absolute Gasteiger partial charge is 0.242 e. The van der Waals surface area contributed by atoms with Crippen molar-refractivity contribution in [2.24, 2.45) is 11.8 Å². The summed E-state index contributed by atoms with van der Waals surface area (Å²) in [5.74, 6) is 1.36. The molecule has 0 saturated heterocycles. The van der Waals surface area contributed by atoms with E-state index in [0.717, 1.165) is 25.0 Å². The SMILES string of the molecule is Cc1ccc(OCC2c3ccsc3CCN2C(=O)CN(CC2CC2)C(=O)C(C)C)cc1. The minimum atomic E-state index is -0.124. The molecule has 1 aromatic carbocycles. The molecule has 2 aromatic rings. The van der Waals surface area contributed by atoms with E-state index in [0.29, 0.717) is 25.6 Å². The van der Waals surface area contributed by atoms with Crippen LogP contribution in [-0.4, -0.2) is 47.9 Å². The molecule has 0 N–H and O–H groups in total. The van der Waals surface area contributed by atoms with Gasteiger partial charge in [0.25, 0.3) is 0 Å². The number of carbonyl (C=O) groups is 2. The third-order valence-corrected chi connectivity index (χ3v) is 7.15. The van der Waals surface area contributed by atoms with E-state index < -0.39 is 0 Å². The average molecular weight is 441 g/mol. The first-order valence-corrected chi connectivity index (χ1v) is 12.1. The topological polar surface area (TPSA) is 49.9 Å². The first-order valence-electron chi connectivity index (χ1n) is 11.3. The molecule has 1 unspecified atom stereocenters. The second-order valence-electron chi connectivity index (χ2n) is 9.09. The maximum atomic E-state index is 13.4. The molecule has 1 aromatic heterocycles. The molecule has 0 bridgehead atoms. The van der Waals surface area contributed by atoms with Crippen molar-refractivity contribution >= 4 is 23.2 Å². The Kier molecular flexibility index (Phi) is 6.65. The molecule has 1 fully saturated rings. The van der Waals surface area contributed by atoms with Crippen LogP contribution in [0.4, 0.5) is 0 Å². The van der Waals surface area contributed by atoms with Crippen LogP contribution in [0.1, 0.15) is 48.7 Å². The highest BCUT2D eigenvalue weighted by molar-refractivity contribution is 7.10. The molecule has 6 heteroatoms. The van der Waals surface area contributed by atoms with E-state index in [9.17, 15) is 9.59 Å². The predicted octanol–water partition coefficient (Wildman–Crippen LogP) is 4.46. The van der Waals surface area contributed by atoms with E-state index in [2.05, 4.69) is 18.4 Å². The molecule has 2 aliphatic rings. The highest BCUT2D eigenvalue weighted by Crippen LogP contribution is 2.34. The van der Waals surface area contributed by atoms with E-state index in [1.54, 1.807) is 16.2 Å². The fourth-order valence-electron chi connectivity index (χ4n) is 4.15. The van der Waals surface area contributed by atoms with Crippen molar-refractivity contribution in [2.75, 3.05) is 26.2 Å². The van der Waals surface area contributed by atoms with E-state index in [4.69, 9.17) is 4.74 Å². The van der Waals surface area contributed by atoms with Crippen molar-refractivity contribution in [1.82, 2.24) is 9.80 Å². The van der Waals surface area contributed by atoms with Crippen molar-refractivity contribution in [1.29, 1.82) is 0 Å². The molecular weight excluding hydrogens is 408 g/mol. The number of rotatable bonds is 8. The molecule has 0 radical (unpaired) electrons. The molecule has 4 rings (SSSR count). The lowest BCUT2D eigenvalue weighted by Gasteiger charge is -2.37. The lowest BCUT2D eigenvalue weighted by Crippen LogP contribution is -2.49. The Morgan fingerprint density at radius 2 is 1.94 bits per heavy atom. The first kappa shape index (κ1) is 21.9. The van der Waals surface area contributed by atoms with E-state index in [1.807, 2.05) is 43.0 Å². The van der Waals surface area contributed by atoms with Crippen molar-refractivity contribution in [2.45, 2.75) is 46.1 Å². The van der Waals surface area contributed by atoms with Crippen LogP contribution in [0.15, 0.2) is 35.7 Å². The highest BCUT2D eigenvalue weighted by Gasteiger charge is 2.35. The Balaban J connectivity index is 1.49. The first-order chi connectivity index (χ1) is 14.9. The summed E-state index contributed by atoms with van der Waals surface area (Å²) in [6, 6.07) is 9.99. The number of aryl methyl sites for hydroxylation is 1. The van der Waals surface area contributed by atoms with Gasteiger partial charge in [-0.15, -0.1) is 11.3 Å². The Morgan fingerprint density at radius 3 is 2.61 bits per heavy atom. The summed E-state index contributed by atoms with van der Waals surface area (Å²) in [6.45, 7) is 7.81. The zero-order valence-electron chi connectivity index (χ0n) is 18.7. The number of nitrogens with zero attached hydrogens (tertiary/aromatic N) is 2. The molecule has 5 nitrogen and oxygen atoms in total. The van der Waals surface area contributed by atoms with Crippen molar-refractivity contribution < 1.29 is 14.3 Å². The van der Waals surface area contributed by atoms with Gasteiger partial charge in [0, 0.05) is 23.9 Å². The largest absolute Gasteiger partial charge is 0.491 e. The standard InChI is InChI=1S/C25H32N2O3S/c1-17(2)25(29)26(14-19-6-7-19)15-24(28)27-12-10-23-21(11-13-31-23)22(27)16-30-20-8-4-18(3)5-9-20/h4-5,8-9,11,13,17,19,22H,6-7,10,12,14-16H2,1-3H3. The van der Waals surface area contributed by atoms with Crippen molar-refractivity contribution in [3.8, 4) is 5.75 Å². The van der Waals surface area contributed by atoms with Gasteiger partial charge in [-0.3, -0.25) is 9.59 Å². The minimum absolute atomic E-state index is 0.0176. The van der Waals surface area contributed by atoms with E-state index in [1.165, 1.54) is 16.0 Å². The fourth-order valence-corrected chi connectivity index (χ4v) is 5.08. The normalized spacial score (nSPS) is 18.1. The Hall–Kier alpha value is -2.34. The Labute approximate surface area is 189 Å². The fraction of sp³-hybridized carbons (Fsp3) is 0.520. The van der Waals surface area contributed by atoms with Gasteiger partial charge >= 0.3 is 0 Å². The summed E-state index contributed by atoms with van der Waals surface area (Å²) in [5.41, 5.74) is 2.37. The van der Waals surface area contributed by atoms with Gasteiger partial charge in [-0.1, -0.05) is 31.5 Å². The lowest BCUT2D eigenvalue weighted by atomic mass is 10.00. The van der Waals surface area contributed by atoms with Gasteiger partial charge in [0.2, 0.25) is 11.8 Å². The number of fused-ring (bicyclic) bond motifs is 1. The average Bonchev–Trinajstić information content (AvgIpc) is 3.44.